The molecule has 0 radical (unpaired) electrons. The number of rotatable bonds is 7. The molecule has 1 aromatic carbocycles. The van der Waals surface area contributed by atoms with Crippen LogP contribution in [0.3, 0.4) is 0 Å². The lowest BCUT2D eigenvalue weighted by Gasteiger charge is -2.29. The van der Waals surface area contributed by atoms with Crippen molar-refractivity contribution in [2.24, 2.45) is 11.8 Å². The Hall–Kier alpha value is -0.930. The Labute approximate surface area is 128 Å². The van der Waals surface area contributed by atoms with E-state index in [-0.39, 0.29) is 11.9 Å². The summed E-state index contributed by atoms with van der Waals surface area (Å²) in [5, 5.41) is 3.29. The number of nitrogens with one attached hydrogen (secondary N) is 1. The first-order valence-corrected chi connectivity index (χ1v) is 8.22. The summed E-state index contributed by atoms with van der Waals surface area (Å²) >= 11 is 0. The molecular formula is C18H29FN2. The second kappa shape index (κ2) is 7.90. The van der Waals surface area contributed by atoms with Crippen LogP contribution in [0, 0.1) is 17.7 Å². The monoisotopic (exact) mass is 292 g/mol. The van der Waals surface area contributed by atoms with Gasteiger partial charge < -0.3 is 10.2 Å². The quantitative estimate of drug-likeness (QED) is 0.821. The van der Waals surface area contributed by atoms with Gasteiger partial charge >= 0.3 is 0 Å². The standard InChI is InChI=1S/C18H29FN2/c1-14(12-21(3)13-15-8-4-5-9-15)18(20-2)16-10-6-7-11-17(16)19/h6-7,10-11,14-15,18,20H,4-5,8-9,12-13H2,1-3H3. The van der Waals surface area contributed by atoms with E-state index >= 15 is 0 Å². The van der Waals surface area contributed by atoms with Gasteiger partial charge in [0.1, 0.15) is 5.82 Å². The number of hydrogen-bond donors (Lipinski definition) is 1. The molecule has 0 aliphatic heterocycles. The molecular weight excluding hydrogens is 263 g/mol. The molecule has 3 heteroatoms. The van der Waals surface area contributed by atoms with Crippen molar-refractivity contribution < 1.29 is 4.39 Å². The molecule has 1 fully saturated rings. The lowest BCUT2D eigenvalue weighted by Crippen LogP contribution is -2.35. The Bertz CT molecular complexity index is 429. The van der Waals surface area contributed by atoms with Crippen molar-refractivity contribution in [2.45, 2.75) is 38.6 Å². The minimum absolute atomic E-state index is 0.0669. The average Bonchev–Trinajstić information content (AvgIpc) is 2.94. The molecule has 1 aliphatic rings. The van der Waals surface area contributed by atoms with Crippen LogP contribution in [0.1, 0.15) is 44.2 Å². The van der Waals surface area contributed by atoms with Gasteiger partial charge in [-0.2, -0.15) is 0 Å². The molecule has 1 saturated carbocycles. The minimum atomic E-state index is -0.109. The molecule has 2 unspecified atom stereocenters. The third kappa shape index (κ3) is 4.52. The molecule has 118 valence electrons. The number of hydrogen-bond acceptors (Lipinski definition) is 2. The van der Waals surface area contributed by atoms with E-state index < -0.39 is 0 Å². The smallest absolute Gasteiger partial charge is 0.127 e. The number of halogens is 1. The summed E-state index contributed by atoms with van der Waals surface area (Å²) in [4.78, 5) is 2.42. The predicted octanol–water partition coefficient (Wildman–Crippen LogP) is 3.84. The fraction of sp³-hybridized carbons (Fsp3) is 0.667. The molecule has 2 nitrogen and oxygen atoms in total. The van der Waals surface area contributed by atoms with Crippen molar-refractivity contribution in [1.82, 2.24) is 10.2 Å². The van der Waals surface area contributed by atoms with Crippen LogP contribution in [-0.4, -0.2) is 32.1 Å². The van der Waals surface area contributed by atoms with Crippen molar-refractivity contribution >= 4 is 0 Å². The SMILES string of the molecule is CNC(c1ccccc1F)C(C)CN(C)CC1CCCC1. The van der Waals surface area contributed by atoms with E-state index in [2.05, 4.69) is 24.2 Å². The molecule has 0 aromatic heterocycles. The fourth-order valence-electron chi connectivity index (χ4n) is 3.78. The van der Waals surface area contributed by atoms with Crippen molar-refractivity contribution in [2.75, 3.05) is 27.2 Å². The molecule has 0 amide bonds. The minimum Gasteiger partial charge on any atom is -0.313 e. The van der Waals surface area contributed by atoms with Crippen LogP contribution in [0.4, 0.5) is 4.39 Å². The topological polar surface area (TPSA) is 15.3 Å². The van der Waals surface area contributed by atoms with Gasteiger partial charge in [-0.3, -0.25) is 0 Å². The van der Waals surface area contributed by atoms with E-state index in [0.29, 0.717) is 5.92 Å². The molecule has 1 aromatic rings. The van der Waals surface area contributed by atoms with Gasteiger partial charge in [-0.25, -0.2) is 4.39 Å². The fourth-order valence-corrected chi connectivity index (χ4v) is 3.78. The molecule has 21 heavy (non-hydrogen) atoms. The zero-order chi connectivity index (χ0) is 15.2. The van der Waals surface area contributed by atoms with E-state index in [0.717, 1.165) is 18.0 Å². The lowest BCUT2D eigenvalue weighted by atomic mass is 9.93. The summed E-state index contributed by atoms with van der Waals surface area (Å²) in [5.41, 5.74) is 0.779. The molecule has 0 spiro atoms. The van der Waals surface area contributed by atoms with Crippen molar-refractivity contribution in [3.05, 3.63) is 35.6 Å². The van der Waals surface area contributed by atoms with Crippen molar-refractivity contribution in [3.8, 4) is 0 Å². The van der Waals surface area contributed by atoms with Crippen LogP contribution in [0.25, 0.3) is 0 Å². The highest BCUT2D eigenvalue weighted by Gasteiger charge is 2.23. The maximum absolute atomic E-state index is 14.0. The molecule has 0 bridgehead atoms. The highest BCUT2D eigenvalue weighted by Crippen LogP contribution is 2.27. The molecule has 0 heterocycles. The van der Waals surface area contributed by atoms with Crippen LogP contribution in [0.2, 0.25) is 0 Å². The highest BCUT2D eigenvalue weighted by atomic mass is 19.1. The Morgan fingerprint density at radius 1 is 1.29 bits per heavy atom. The lowest BCUT2D eigenvalue weighted by molar-refractivity contribution is 0.220. The van der Waals surface area contributed by atoms with E-state index in [4.69, 9.17) is 0 Å². The summed E-state index contributed by atoms with van der Waals surface area (Å²) < 4.78 is 14.0. The maximum Gasteiger partial charge on any atom is 0.127 e. The average molecular weight is 292 g/mol. The van der Waals surface area contributed by atoms with E-state index in [1.807, 2.05) is 19.2 Å². The van der Waals surface area contributed by atoms with Crippen LogP contribution < -0.4 is 5.32 Å². The van der Waals surface area contributed by atoms with Gasteiger partial charge in [0.25, 0.3) is 0 Å². The third-order valence-corrected chi connectivity index (χ3v) is 4.76. The summed E-state index contributed by atoms with van der Waals surface area (Å²) in [6, 6.07) is 7.18. The zero-order valence-electron chi connectivity index (χ0n) is 13.6. The summed E-state index contributed by atoms with van der Waals surface area (Å²) in [6.07, 6.45) is 5.54. The maximum atomic E-state index is 14.0. The summed E-state index contributed by atoms with van der Waals surface area (Å²) in [5.74, 6) is 1.13. The first-order chi connectivity index (χ1) is 10.1. The van der Waals surface area contributed by atoms with Gasteiger partial charge in [0.2, 0.25) is 0 Å². The Kier molecular flexibility index (Phi) is 6.19. The Balaban J connectivity index is 1.93. The van der Waals surface area contributed by atoms with E-state index in [9.17, 15) is 4.39 Å². The third-order valence-electron chi connectivity index (χ3n) is 4.76. The normalized spacial score (nSPS) is 19.1. The van der Waals surface area contributed by atoms with E-state index in [1.54, 1.807) is 12.1 Å². The Morgan fingerprint density at radius 2 is 1.95 bits per heavy atom. The van der Waals surface area contributed by atoms with Crippen molar-refractivity contribution in [1.29, 1.82) is 0 Å². The van der Waals surface area contributed by atoms with Gasteiger partial charge in [0, 0.05) is 24.7 Å². The zero-order valence-corrected chi connectivity index (χ0v) is 13.6. The molecule has 1 aliphatic carbocycles. The number of nitrogens with zero attached hydrogens (tertiary/aromatic N) is 1. The molecule has 1 N–H and O–H groups in total. The first kappa shape index (κ1) is 16.4. The summed E-state index contributed by atoms with van der Waals surface area (Å²) in [7, 11) is 4.12. The first-order valence-electron chi connectivity index (χ1n) is 8.22. The Morgan fingerprint density at radius 3 is 2.57 bits per heavy atom. The van der Waals surface area contributed by atoms with Gasteiger partial charge in [0.05, 0.1) is 0 Å². The number of benzene rings is 1. The van der Waals surface area contributed by atoms with Gasteiger partial charge in [0.15, 0.2) is 0 Å². The van der Waals surface area contributed by atoms with Gasteiger partial charge in [-0.1, -0.05) is 38.0 Å². The van der Waals surface area contributed by atoms with Crippen LogP contribution in [0.5, 0.6) is 0 Å². The summed E-state index contributed by atoms with van der Waals surface area (Å²) in [6.45, 7) is 4.38. The molecule has 2 rings (SSSR count). The van der Waals surface area contributed by atoms with Gasteiger partial charge in [-0.15, -0.1) is 0 Å². The van der Waals surface area contributed by atoms with Crippen LogP contribution in [-0.2, 0) is 0 Å². The molecule has 2 atom stereocenters. The largest absolute Gasteiger partial charge is 0.313 e. The predicted molar refractivity (Wildman–Crippen MR) is 86.8 cm³/mol. The second-order valence-electron chi connectivity index (χ2n) is 6.64. The van der Waals surface area contributed by atoms with E-state index in [1.165, 1.54) is 32.2 Å². The van der Waals surface area contributed by atoms with Crippen molar-refractivity contribution in [3.63, 3.8) is 0 Å². The second-order valence-corrected chi connectivity index (χ2v) is 6.64. The van der Waals surface area contributed by atoms with Crippen LogP contribution in [0.15, 0.2) is 24.3 Å². The highest BCUT2D eigenvalue weighted by molar-refractivity contribution is 5.21. The van der Waals surface area contributed by atoms with Crippen LogP contribution >= 0.6 is 0 Å². The van der Waals surface area contributed by atoms with Gasteiger partial charge in [-0.05, 0) is 44.8 Å². The molecule has 0 saturated heterocycles.